The number of aliphatic hydroxyl groups is 1. The fourth-order valence-electron chi connectivity index (χ4n) is 3.68. The summed E-state index contributed by atoms with van der Waals surface area (Å²) in [6.07, 6.45) is 1.07. The van der Waals surface area contributed by atoms with Gasteiger partial charge in [-0.2, -0.15) is 5.26 Å². The molecule has 0 radical (unpaired) electrons. The van der Waals surface area contributed by atoms with Gasteiger partial charge in [-0.25, -0.2) is 4.39 Å². The lowest BCUT2D eigenvalue weighted by atomic mass is 9.89. The van der Waals surface area contributed by atoms with Crippen molar-refractivity contribution in [3.05, 3.63) is 59.4 Å². The van der Waals surface area contributed by atoms with Gasteiger partial charge < -0.3 is 20.1 Å². The van der Waals surface area contributed by atoms with Gasteiger partial charge in [0.05, 0.1) is 12.2 Å². The second kappa shape index (κ2) is 14.1. The molecule has 1 aliphatic heterocycles. The number of nitrogens with zero attached hydrogens (tertiary/aromatic N) is 2. The minimum Gasteiger partial charge on any atom is -0.389 e. The summed E-state index contributed by atoms with van der Waals surface area (Å²) in [5.41, 5.74) is 2.13. The number of ketones is 1. The Hall–Kier alpha value is -3.61. The molecule has 8 nitrogen and oxygen atoms in total. The third-order valence-electron chi connectivity index (χ3n) is 5.42. The van der Waals surface area contributed by atoms with Crippen molar-refractivity contribution in [3.8, 4) is 6.07 Å². The Labute approximate surface area is 210 Å². The average Bonchev–Trinajstić information content (AvgIpc) is 2.85. The maximum absolute atomic E-state index is 13.6. The van der Waals surface area contributed by atoms with E-state index in [-0.39, 0.29) is 42.3 Å². The highest BCUT2D eigenvalue weighted by Gasteiger charge is 2.22. The molecule has 1 heterocycles. The van der Waals surface area contributed by atoms with Crippen molar-refractivity contribution in [3.63, 3.8) is 0 Å². The van der Waals surface area contributed by atoms with Gasteiger partial charge >= 0.3 is 0 Å². The number of hydrogen-bond donors (Lipinski definition) is 2. The minimum absolute atomic E-state index is 0.0190. The van der Waals surface area contributed by atoms with Crippen LogP contribution < -0.4 is 10.2 Å². The van der Waals surface area contributed by atoms with Crippen molar-refractivity contribution in [2.24, 2.45) is 11.8 Å². The molecule has 1 fully saturated rings. The lowest BCUT2D eigenvalue weighted by molar-refractivity contribution is -0.125. The molecule has 0 aliphatic carbocycles. The van der Waals surface area contributed by atoms with Crippen LogP contribution in [0.2, 0.25) is 0 Å². The van der Waals surface area contributed by atoms with E-state index < -0.39 is 5.82 Å². The van der Waals surface area contributed by atoms with E-state index >= 15 is 0 Å². The largest absolute Gasteiger partial charge is 0.389 e. The van der Waals surface area contributed by atoms with Gasteiger partial charge in [0, 0.05) is 23.8 Å². The Morgan fingerprint density at radius 3 is 2.44 bits per heavy atom. The number of Topliss-reactive ketones (excluding diaryl/α,β-unsaturated/α-hetero) is 1. The van der Waals surface area contributed by atoms with Gasteiger partial charge in [0.1, 0.15) is 25.1 Å². The molecule has 192 valence electrons. The van der Waals surface area contributed by atoms with E-state index in [9.17, 15) is 18.8 Å². The summed E-state index contributed by atoms with van der Waals surface area (Å²) in [6, 6.07) is 13.4. The molecule has 2 N–H and O–H groups in total. The fourth-order valence-corrected chi connectivity index (χ4v) is 3.68. The van der Waals surface area contributed by atoms with Crippen LogP contribution in [0.3, 0.4) is 0 Å². The molecule has 0 spiro atoms. The number of hydrogen-bond acceptors (Lipinski definition) is 6. The standard InChI is InChI=1S/C24H26FN3O3.C3H6O2/c1-16(2)11-18(12-17-3-8-22(25)19(13-17)14-26)24(30)27-20-4-6-21(7-5-20)28-9-10-31-15-23(28)29;1-3(5)2-4/h3-8,13,16,18H,9-12,15H2,1-2H3,(H,27,30);4H,2H2,1H3. The Balaban J connectivity index is 0.000000830. The van der Waals surface area contributed by atoms with E-state index in [0.29, 0.717) is 37.6 Å². The summed E-state index contributed by atoms with van der Waals surface area (Å²) in [7, 11) is 0. The highest BCUT2D eigenvalue weighted by atomic mass is 19.1. The van der Waals surface area contributed by atoms with Crippen molar-refractivity contribution in [1.29, 1.82) is 5.26 Å². The summed E-state index contributed by atoms with van der Waals surface area (Å²) in [5.74, 6) is -0.999. The van der Waals surface area contributed by atoms with E-state index in [1.165, 1.54) is 19.1 Å². The molecule has 36 heavy (non-hydrogen) atoms. The van der Waals surface area contributed by atoms with Crippen LogP contribution in [-0.4, -0.2) is 49.1 Å². The zero-order valence-electron chi connectivity index (χ0n) is 20.8. The lowest BCUT2D eigenvalue weighted by Gasteiger charge is -2.27. The number of amides is 2. The van der Waals surface area contributed by atoms with Crippen LogP contribution in [0.4, 0.5) is 15.8 Å². The third-order valence-corrected chi connectivity index (χ3v) is 5.42. The van der Waals surface area contributed by atoms with Gasteiger partial charge in [0.25, 0.3) is 5.91 Å². The van der Waals surface area contributed by atoms with Crippen molar-refractivity contribution in [2.45, 2.75) is 33.6 Å². The second-order valence-electron chi connectivity index (χ2n) is 8.95. The third kappa shape index (κ3) is 8.87. The summed E-state index contributed by atoms with van der Waals surface area (Å²) in [4.78, 5) is 36.2. The number of nitrogens with one attached hydrogen (secondary N) is 1. The molecule has 0 bridgehead atoms. The number of halogens is 1. The number of aliphatic hydroxyl groups excluding tert-OH is 1. The summed E-state index contributed by atoms with van der Waals surface area (Å²) < 4.78 is 18.8. The summed E-state index contributed by atoms with van der Waals surface area (Å²) in [6.45, 7) is 6.16. The first-order chi connectivity index (χ1) is 17.1. The first-order valence-electron chi connectivity index (χ1n) is 11.7. The van der Waals surface area contributed by atoms with Crippen molar-refractivity contribution >= 4 is 29.0 Å². The van der Waals surface area contributed by atoms with Crippen LogP contribution in [0.15, 0.2) is 42.5 Å². The molecule has 9 heteroatoms. The Bertz CT molecular complexity index is 1100. The van der Waals surface area contributed by atoms with E-state index in [0.717, 1.165) is 11.3 Å². The number of rotatable bonds is 8. The Morgan fingerprint density at radius 1 is 1.22 bits per heavy atom. The highest BCUT2D eigenvalue weighted by molar-refractivity contribution is 5.96. The molecule has 2 amide bonds. The molecule has 1 atom stereocenters. The van der Waals surface area contributed by atoms with Gasteiger partial charge in [0.2, 0.25) is 5.91 Å². The number of carbonyl (C=O) groups is 3. The van der Waals surface area contributed by atoms with Gasteiger partial charge in [-0.05, 0) is 67.6 Å². The fraction of sp³-hybridized carbons (Fsp3) is 0.407. The number of nitriles is 1. The predicted molar refractivity (Wildman–Crippen MR) is 134 cm³/mol. The maximum Gasteiger partial charge on any atom is 0.253 e. The van der Waals surface area contributed by atoms with Crippen molar-refractivity contribution in [2.75, 3.05) is 36.6 Å². The smallest absolute Gasteiger partial charge is 0.253 e. The normalized spacial score (nSPS) is 13.9. The molecule has 1 unspecified atom stereocenters. The Morgan fingerprint density at radius 2 is 1.89 bits per heavy atom. The molecule has 1 saturated heterocycles. The molecule has 0 saturated carbocycles. The van der Waals surface area contributed by atoms with Gasteiger partial charge in [-0.1, -0.05) is 19.9 Å². The first kappa shape index (κ1) is 28.6. The number of morpholine rings is 1. The second-order valence-corrected chi connectivity index (χ2v) is 8.95. The molecule has 0 aromatic heterocycles. The van der Waals surface area contributed by atoms with E-state index in [4.69, 9.17) is 15.1 Å². The first-order valence-corrected chi connectivity index (χ1v) is 11.7. The van der Waals surface area contributed by atoms with Gasteiger partial charge in [0.15, 0.2) is 5.78 Å². The average molecular weight is 498 g/mol. The number of ether oxygens (including phenoxy) is 1. The predicted octanol–water partition coefficient (Wildman–Crippen LogP) is 3.47. The van der Waals surface area contributed by atoms with E-state index in [1.807, 2.05) is 19.9 Å². The highest BCUT2D eigenvalue weighted by Crippen LogP contribution is 2.23. The van der Waals surface area contributed by atoms with Crippen LogP contribution in [0.5, 0.6) is 0 Å². The van der Waals surface area contributed by atoms with Crippen LogP contribution in [0, 0.1) is 29.0 Å². The van der Waals surface area contributed by atoms with E-state index in [2.05, 4.69) is 5.32 Å². The summed E-state index contributed by atoms with van der Waals surface area (Å²) >= 11 is 0. The van der Waals surface area contributed by atoms with Gasteiger partial charge in [-0.15, -0.1) is 0 Å². The maximum atomic E-state index is 13.6. The molecular weight excluding hydrogens is 465 g/mol. The van der Waals surface area contributed by atoms with Crippen LogP contribution in [0.1, 0.15) is 38.3 Å². The molecule has 2 aromatic carbocycles. The Kier molecular flexibility index (Phi) is 11.2. The number of carbonyl (C=O) groups excluding carboxylic acids is 3. The van der Waals surface area contributed by atoms with Crippen LogP contribution in [0.25, 0.3) is 0 Å². The topological polar surface area (TPSA) is 120 Å². The van der Waals surface area contributed by atoms with Crippen LogP contribution in [-0.2, 0) is 25.5 Å². The monoisotopic (exact) mass is 497 g/mol. The SMILES string of the molecule is CC(=O)CO.CC(C)CC(Cc1ccc(F)c(C#N)c1)C(=O)Nc1ccc(N2CCOCC2=O)cc1. The quantitative estimate of drug-likeness (QED) is 0.576. The number of anilines is 2. The molecule has 2 aromatic rings. The zero-order chi connectivity index (χ0) is 26.7. The molecular formula is C27H32FN3O5. The van der Waals surface area contributed by atoms with Crippen molar-refractivity contribution in [1.82, 2.24) is 0 Å². The zero-order valence-corrected chi connectivity index (χ0v) is 20.8. The van der Waals surface area contributed by atoms with Crippen molar-refractivity contribution < 1.29 is 28.6 Å². The minimum atomic E-state index is -0.560. The lowest BCUT2D eigenvalue weighted by Crippen LogP contribution is -2.41. The van der Waals surface area contributed by atoms with Crippen LogP contribution >= 0.6 is 0 Å². The molecule has 1 aliphatic rings. The number of benzene rings is 2. The van der Waals surface area contributed by atoms with Gasteiger partial charge in [-0.3, -0.25) is 14.4 Å². The molecule has 3 rings (SSSR count). The van der Waals surface area contributed by atoms with E-state index in [1.54, 1.807) is 35.2 Å². The summed E-state index contributed by atoms with van der Waals surface area (Å²) in [5, 5.41) is 19.8.